The average molecular weight is 342 g/mol. The number of ether oxygens (including phenoxy) is 1. The zero-order valence-corrected chi connectivity index (χ0v) is 13.0. The van der Waals surface area contributed by atoms with Crippen LogP contribution in [-0.2, 0) is 9.59 Å². The number of thioether (sulfide) groups is 1. The average Bonchev–Trinajstić information content (AvgIpc) is 2.78. The summed E-state index contributed by atoms with van der Waals surface area (Å²) in [7, 11) is 1.52. The van der Waals surface area contributed by atoms with E-state index in [9.17, 15) is 9.59 Å². The lowest BCUT2D eigenvalue weighted by Gasteiger charge is -2.02. The maximum atomic E-state index is 11.5. The van der Waals surface area contributed by atoms with Crippen LogP contribution in [0.15, 0.2) is 28.4 Å². The smallest absolute Gasteiger partial charge is 0.305 e. The Kier molecular flexibility index (Phi) is 5.40. The van der Waals surface area contributed by atoms with Gasteiger partial charge in [-0.25, -0.2) is 0 Å². The van der Waals surface area contributed by atoms with Crippen molar-refractivity contribution >= 4 is 46.6 Å². The summed E-state index contributed by atoms with van der Waals surface area (Å²) >= 11 is 7.02. The lowest BCUT2D eigenvalue weighted by Crippen LogP contribution is -2.26. The van der Waals surface area contributed by atoms with Gasteiger partial charge < -0.3 is 15.2 Å². The van der Waals surface area contributed by atoms with Crippen LogP contribution >= 0.6 is 23.4 Å². The van der Waals surface area contributed by atoms with Gasteiger partial charge in [-0.05, 0) is 23.8 Å². The molecule has 0 bridgehead atoms. The first-order chi connectivity index (χ1) is 10.5. The zero-order valence-electron chi connectivity index (χ0n) is 11.4. The van der Waals surface area contributed by atoms with E-state index < -0.39 is 11.2 Å². The second kappa shape index (κ2) is 7.28. The van der Waals surface area contributed by atoms with Crippen LogP contribution in [0, 0.1) is 0 Å². The van der Waals surface area contributed by atoms with Gasteiger partial charge in [0.15, 0.2) is 5.17 Å². The predicted molar refractivity (Wildman–Crippen MR) is 84.8 cm³/mol. The Morgan fingerprint density at radius 2 is 2.36 bits per heavy atom. The topological polar surface area (TPSA) is 100 Å². The van der Waals surface area contributed by atoms with Crippen molar-refractivity contribution in [2.75, 3.05) is 7.11 Å². The lowest BCUT2D eigenvalue weighted by molar-refractivity contribution is -0.138. The largest absolute Gasteiger partial charge is 0.495 e. The number of amides is 1. The normalized spacial score (nSPS) is 19.6. The van der Waals surface area contributed by atoms with Gasteiger partial charge in [-0.1, -0.05) is 23.4 Å². The quantitative estimate of drug-likeness (QED) is 0.627. The van der Waals surface area contributed by atoms with E-state index in [0.29, 0.717) is 16.3 Å². The molecule has 2 N–H and O–H groups in total. The van der Waals surface area contributed by atoms with Crippen LogP contribution in [0.5, 0.6) is 5.75 Å². The predicted octanol–water partition coefficient (Wildman–Crippen LogP) is 1.74. The molecule has 1 aromatic carbocycles. The first-order valence-electron chi connectivity index (χ1n) is 6.13. The van der Waals surface area contributed by atoms with E-state index in [1.807, 2.05) is 0 Å². The maximum absolute atomic E-state index is 11.5. The zero-order chi connectivity index (χ0) is 16.1. The molecule has 0 aliphatic carbocycles. The van der Waals surface area contributed by atoms with Crippen molar-refractivity contribution in [3.05, 3.63) is 28.8 Å². The summed E-state index contributed by atoms with van der Waals surface area (Å²) in [6.07, 6.45) is 1.21. The second-order valence-electron chi connectivity index (χ2n) is 4.24. The fourth-order valence-electron chi connectivity index (χ4n) is 1.66. The Labute approximate surface area is 135 Å². The van der Waals surface area contributed by atoms with E-state index in [1.54, 1.807) is 18.2 Å². The van der Waals surface area contributed by atoms with Crippen molar-refractivity contribution in [2.45, 2.75) is 11.7 Å². The third kappa shape index (κ3) is 4.22. The molecule has 0 radical (unpaired) electrons. The minimum atomic E-state index is -1.04. The van der Waals surface area contributed by atoms with Crippen LogP contribution in [0.2, 0.25) is 5.02 Å². The highest BCUT2D eigenvalue weighted by Crippen LogP contribution is 2.24. The minimum Gasteiger partial charge on any atom is -0.495 e. The third-order valence-electron chi connectivity index (χ3n) is 2.67. The Balaban J connectivity index is 2.01. The van der Waals surface area contributed by atoms with Crippen LogP contribution < -0.4 is 10.1 Å². The summed E-state index contributed by atoms with van der Waals surface area (Å²) in [6.45, 7) is 0. The lowest BCUT2D eigenvalue weighted by atomic mass is 10.2. The summed E-state index contributed by atoms with van der Waals surface area (Å²) in [4.78, 5) is 22.1. The number of rotatable bonds is 5. The summed E-state index contributed by atoms with van der Waals surface area (Å²) in [5.41, 5.74) is 0.714. The van der Waals surface area contributed by atoms with Gasteiger partial charge in [0.05, 0.1) is 24.8 Å². The van der Waals surface area contributed by atoms with Crippen LogP contribution in [0.4, 0.5) is 0 Å². The molecule has 0 aromatic heterocycles. The Morgan fingerprint density at radius 3 is 3.00 bits per heavy atom. The van der Waals surface area contributed by atoms with Crippen molar-refractivity contribution in [3.63, 3.8) is 0 Å². The van der Waals surface area contributed by atoms with Crippen LogP contribution in [-0.4, -0.2) is 40.7 Å². The number of hydrogen-bond donors (Lipinski definition) is 2. The summed E-state index contributed by atoms with van der Waals surface area (Å²) < 4.78 is 5.04. The van der Waals surface area contributed by atoms with Gasteiger partial charge in [0.1, 0.15) is 11.0 Å². The molecule has 0 spiro atoms. The van der Waals surface area contributed by atoms with Gasteiger partial charge in [0.2, 0.25) is 5.91 Å². The number of methoxy groups -OCH3 is 1. The van der Waals surface area contributed by atoms with Gasteiger partial charge in [0, 0.05) is 0 Å². The van der Waals surface area contributed by atoms with Gasteiger partial charge in [-0.2, -0.15) is 5.10 Å². The highest BCUT2D eigenvalue weighted by atomic mass is 35.5. The molecule has 1 saturated heterocycles. The number of nitrogens with zero attached hydrogens (tertiary/aromatic N) is 2. The molecule has 1 atom stereocenters. The molecule has 7 nitrogen and oxygen atoms in total. The number of amidine groups is 1. The van der Waals surface area contributed by atoms with E-state index in [4.69, 9.17) is 21.4 Å². The van der Waals surface area contributed by atoms with Crippen molar-refractivity contribution in [3.8, 4) is 5.75 Å². The van der Waals surface area contributed by atoms with Crippen LogP contribution in [0.1, 0.15) is 12.0 Å². The number of nitrogens with one attached hydrogen (secondary N) is 1. The number of carboxylic acids is 1. The molecule has 1 fully saturated rings. The van der Waals surface area contributed by atoms with E-state index >= 15 is 0 Å². The van der Waals surface area contributed by atoms with E-state index in [2.05, 4.69) is 15.5 Å². The summed E-state index contributed by atoms with van der Waals surface area (Å²) in [6, 6.07) is 5.12. The molecule has 1 heterocycles. The SMILES string of the molecule is COc1ccc(C=NN=C2NC(=O)C(CC(=O)O)S2)cc1Cl. The first-order valence-corrected chi connectivity index (χ1v) is 7.39. The molecule has 0 saturated carbocycles. The monoisotopic (exact) mass is 341 g/mol. The summed E-state index contributed by atoms with van der Waals surface area (Å²) in [5, 5.41) is 18.9. The van der Waals surface area contributed by atoms with Crippen LogP contribution in [0.3, 0.4) is 0 Å². The Hall–Kier alpha value is -2.06. The maximum Gasteiger partial charge on any atom is 0.305 e. The van der Waals surface area contributed by atoms with Crippen molar-refractivity contribution in [1.29, 1.82) is 0 Å². The van der Waals surface area contributed by atoms with Crippen molar-refractivity contribution < 1.29 is 19.4 Å². The molecule has 1 unspecified atom stereocenters. The summed E-state index contributed by atoms with van der Waals surface area (Å²) in [5.74, 6) is -0.862. The molecule has 1 aliphatic rings. The fraction of sp³-hybridized carbons (Fsp3) is 0.231. The third-order valence-corrected chi connectivity index (χ3v) is 4.04. The number of benzene rings is 1. The van der Waals surface area contributed by atoms with Crippen molar-refractivity contribution in [1.82, 2.24) is 5.32 Å². The molecule has 22 heavy (non-hydrogen) atoms. The number of carboxylic acid groups (broad SMARTS) is 1. The Morgan fingerprint density at radius 1 is 1.59 bits per heavy atom. The second-order valence-corrected chi connectivity index (χ2v) is 5.84. The highest BCUT2D eigenvalue weighted by Gasteiger charge is 2.32. The number of carbonyl (C=O) groups is 2. The molecule has 1 amide bonds. The number of hydrogen-bond acceptors (Lipinski definition) is 6. The molecule has 1 aromatic rings. The van der Waals surface area contributed by atoms with E-state index in [1.165, 1.54) is 13.3 Å². The molecular weight excluding hydrogens is 330 g/mol. The minimum absolute atomic E-state index is 0.257. The van der Waals surface area contributed by atoms with Gasteiger partial charge >= 0.3 is 5.97 Å². The highest BCUT2D eigenvalue weighted by molar-refractivity contribution is 8.15. The number of halogens is 1. The molecule has 1 aliphatic heterocycles. The van der Waals surface area contributed by atoms with Crippen molar-refractivity contribution in [2.24, 2.45) is 10.2 Å². The molecule has 116 valence electrons. The van der Waals surface area contributed by atoms with E-state index in [-0.39, 0.29) is 17.5 Å². The van der Waals surface area contributed by atoms with E-state index in [0.717, 1.165) is 11.8 Å². The first kappa shape index (κ1) is 16.3. The molecular formula is C13H12ClN3O4S. The fourth-order valence-corrected chi connectivity index (χ4v) is 2.84. The number of aliphatic carboxylic acids is 1. The van der Waals surface area contributed by atoms with Gasteiger partial charge in [-0.3, -0.25) is 9.59 Å². The number of carbonyl (C=O) groups excluding carboxylic acids is 1. The Bertz CT molecular complexity index is 663. The molecule has 9 heteroatoms. The van der Waals surface area contributed by atoms with Gasteiger partial charge in [0.25, 0.3) is 0 Å². The van der Waals surface area contributed by atoms with Gasteiger partial charge in [-0.15, -0.1) is 5.10 Å². The standard InChI is InChI=1S/C13H12ClN3O4S/c1-21-9-3-2-7(4-8(9)14)6-15-17-13-16-12(20)10(22-13)5-11(18)19/h2-4,6,10H,5H2,1H3,(H,18,19)(H,16,17,20). The molecule has 2 rings (SSSR count). The van der Waals surface area contributed by atoms with Crippen LogP contribution in [0.25, 0.3) is 0 Å².